The fourth-order valence-electron chi connectivity index (χ4n) is 5.53. The summed E-state index contributed by atoms with van der Waals surface area (Å²) in [5, 5.41) is 18.9. The summed E-state index contributed by atoms with van der Waals surface area (Å²) < 4.78 is 2.01. The third-order valence-electron chi connectivity index (χ3n) is 7.56. The van der Waals surface area contributed by atoms with Crippen molar-refractivity contribution in [1.29, 1.82) is 0 Å². The summed E-state index contributed by atoms with van der Waals surface area (Å²) >= 11 is 0. The molecule has 0 unspecified atom stereocenters. The molecule has 0 radical (unpaired) electrons. The van der Waals surface area contributed by atoms with Gasteiger partial charge in [-0.1, -0.05) is 44.2 Å². The van der Waals surface area contributed by atoms with Crippen LogP contribution in [0.25, 0.3) is 11.4 Å². The number of amides is 1. The predicted molar refractivity (Wildman–Crippen MR) is 129 cm³/mol. The Hall–Kier alpha value is -3.03. The van der Waals surface area contributed by atoms with Crippen molar-refractivity contribution in [1.82, 2.24) is 25.0 Å². The van der Waals surface area contributed by atoms with Crippen LogP contribution in [0.15, 0.2) is 48.8 Å². The molecule has 1 amide bonds. The normalized spacial score (nSPS) is 22.3. The van der Waals surface area contributed by atoms with E-state index in [1.807, 2.05) is 33.8 Å². The van der Waals surface area contributed by atoms with E-state index < -0.39 is 6.10 Å². The number of rotatable bonds is 5. The van der Waals surface area contributed by atoms with E-state index in [1.54, 1.807) is 6.33 Å². The van der Waals surface area contributed by atoms with Gasteiger partial charge in [0.05, 0.1) is 12.1 Å². The Morgan fingerprint density at radius 2 is 1.97 bits per heavy atom. The maximum atomic E-state index is 13.5. The standard InChI is InChI=1S/C27H31N5O2/c1-27(2)15-31(14-24(33)23-12-17-5-3-4-6-19(17)13-28-23)26(34)21-10-7-18(11-22(21)27)25-29-16-30-32(25)20-8-9-20/h3-7,10-11,16,20,23-24,28,33H,8-9,12-15H2,1-2H3/t23-,24+/m0/s1. The zero-order valence-electron chi connectivity index (χ0n) is 19.7. The Morgan fingerprint density at radius 3 is 2.76 bits per heavy atom. The van der Waals surface area contributed by atoms with Crippen LogP contribution in [-0.2, 0) is 18.4 Å². The molecule has 2 aromatic carbocycles. The first-order chi connectivity index (χ1) is 16.4. The molecule has 0 saturated heterocycles. The van der Waals surface area contributed by atoms with Crippen molar-refractivity contribution in [2.24, 2.45) is 0 Å². The minimum absolute atomic E-state index is 0.0141. The number of fused-ring (bicyclic) bond motifs is 2. The second kappa shape index (κ2) is 8.03. The van der Waals surface area contributed by atoms with Crippen molar-refractivity contribution < 1.29 is 9.90 Å². The first-order valence-electron chi connectivity index (χ1n) is 12.2. The summed E-state index contributed by atoms with van der Waals surface area (Å²) in [5.41, 5.74) is 5.07. The molecule has 1 saturated carbocycles. The highest BCUT2D eigenvalue weighted by molar-refractivity contribution is 5.98. The third-order valence-corrected chi connectivity index (χ3v) is 7.56. The fraction of sp³-hybridized carbons (Fsp3) is 0.444. The van der Waals surface area contributed by atoms with Gasteiger partial charge in [-0.15, -0.1) is 0 Å². The Balaban J connectivity index is 1.23. The van der Waals surface area contributed by atoms with Gasteiger partial charge in [-0.05, 0) is 48.1 Å². The second-order valence-electron chi connectivity index (χ2n) is 10.6. The van der Waals surface area contributed by atoms with E-state index in [-0.39, 0.29) is 17.4 Å². The van der Waals surface area contributed by atoms with E-state index in [9.17, 15) is 9.90 Å². The zero-order valence-corrected chi connectivity index (χ0v) is 19.7. The molecule has 2 N–H and O–H groups in total. The average Bonchev–Trinajstić information content (AvgIpc) is 3.57. The molecular weight excluding hydrogens is 426 g/mol. The van der Waals surface area contributed by atoms with Crippen molar-refractivity contribution in [3.8, 4) is 11.4 Å². The summed E-state index contributed by atoms with van der Waals surface area (Å²) in [6, 6.07) is 14.7. The molecule has 34 heavy (non-hydrogen) atoms. The van der Waals surface area contributed by atoms with Gasteiger partial charge in [-0.25, -0.2) is 9.67 Å². The number of aromatic nitrogens is 3. The van der Waals surface area contributed by atoms with E-state index in [1.165, 1.54) is 11.1 Å². The number of aliphatic hydroxyl groups is 1. The molecule has 2 aliphatic heterocycles. The van der Waals surface area contributed by atoms with Crippen LogP contribution in [0.1, 0.15) is 59.8 Å². The minimum atomic E-state index is -0.633. The van der Waals surface area contributed by atoms with Crippen LogP contribution in [0.5, 0.6) is 0 Å². The van der Waals surface area contributed by atoms with Crippen LogP contribution in [-0.4, -0.2) is 55.9 Å². The first kappa shape index (κ1) is 21.5. The van der Waals surface area contributed by atoms with Gasteiger partial charge in [-0.3, -0.25) is 4.79 Å². The molecule has 0 bridgehead atoms. The highest BCUT2D eigenvalue weighted by Crippen LogP contribution is 2.39. The summed E-state index contributed by atoms with van der Waals surface area (Å²) in [6.45, 7) is 5.97. The molecule has 1 aliphatic carbocycles. The molecule has 176 valence electrons. The maximum absolute atomic E-state index is 13.5. The van der Waals surface area contributed by atoms with Gasteiger partial charge in [0.25, 0.3) is 5.91 Å². The van der Waals surface area contributed by atoms with Crippen LogP contribution in [0.2, 0.25) is 0 Å². The fourth-order valence-corrected chi connectivity index (χ4v) is 5.53. The highest BCUT2D eigenvalue weighted by atomic mass is 16.3. The molecule has 6 rings (SSSR count). The van der Waals surface area contributed by atoms with E-state index >= 15 is 0 Å². The number of hydrogen-bond acceptors (Lipinski definition) is 5. The largest absolute Gasteiger partial charge is 0.390 e. The summed E-state index contributed by atoms with van der Waals surface area (Å²) in [4.78, 5) is 19.8. The minimum Gasteiger partial charge on any atom is -0.390 e. The van der Waals surface area contributed by atoms with Crippen LogP contribution < -0.4 is 5.32 Å². The summed E-state index contributed by atoms with van der Waals surface area (Å²) in [7, 11) is 0. The Kier molecular flexibility index (Phi) is 5.08. The Labute approximate surface area is 199 Å². The van der Waals surface area contributed by atoms with Crippen molar-refractivity contribution in [3.63, 3.8) is 0 Å². The van der Waals surface area contributed by atoms with E-state index in [0.29, 0.717) is 24.7 Å². The molecule has 3 aliphatic rings. The second-order valence-corrected chi connectivity index (χ2v) is 10.6. The molecule has 1 fully saturated rings. The lowest BCUT2D eigenvalue weighted by molar-refractivity contribution is 0.0445. The van der Waals surface area contributed by atoms with Gasteiger partial charge in [0.15, 0.2) is 5.82 Å². The number of nitrogens with one attached hydrogen (secondary N) is 1. The van der Waals surface area contributed by atoms with E-state index in [0.717, 1.165) is 42.8 Å². The van der Waals surface area contributed by atoms with Gasteiger partial charge in [-0.2, -0.15) is 5.10 Å². The maximum Gasteiger partial charge on any atom is 0.254 e. The molecule has 0 spiro atoms. The number of nitrogens with zero attached hydrogens (tertiary/aromatic N) is 4. The van der Waals surface area contributed by atoms with Crippen LogP contribution in [0, 0.1) is 0 Å². The number of carbonyl (C=O) groups excluding carboxylic acids is 1. The number of hydrogen-bond donors (Lipinski definition) is 2. The van der Waals surface area contributed by atoms with Gasteiger partial charge in [0.2, 0.25) is 0 Å². The molecule has 3 heterocycles. The number of carbonyl (C=O) groups is 1. The van der Waals surface area contributed by atoms with Crippen LogP contribution in [0.4, 0.5) is 0 Å². The van der Waals surface area contributed by atoms with Gasteiger partial charge < -0.3 is 15.3 Å². The highest BCUT2D eigenvalue weighted by Gasteiger charge is 2.39. The molecule has 3 aromatic rings. The molecule has 1 aromatic heterocycles. The zero-order chi connectivity index (χ0) is 23.4. The number of benzene rings is 2. The third kappa shape index (κ3) is 3.73. The van der Waals surface area contributed by atoms with Crippen LogP contribution in [0.3, 0.4) is 0 Å². The lowest BCUT2D eigenvalue weighted by Crippen LogP contribution is -2.54. The topological polar surface area (TPSA) is 83.3 Å². The molecule has 7 nitrogen and oxygen atoms in total. The Bertz CT molecular complexity index is 1250. The van der Waals surface area contributed by atoms with Gasteiger partial charge >= 0.3 is 0 Å². The van der Waals surface area contributed by atoms with Crippen molar-refractivity contribution in [3.05, 3.63) is 71.0 Å². The average molecular weight is 458 g/mol. The quantitative estimate of drug-likeness (QED) is 0.615. The number of aliphatic hydroxyl groups excluding tert-OH is 1. The van der Waals surface area contributed by atoms with Crippen LogP contribution >= 0.6 is 0 Å². The monoisotopic (exact) mass is 457 g/mol. The first-order valence-corrected chi connectivity index (χ1v) is 12.2. The van der Waals surface area contributed by atoms with Gasteiger partial charge in [0.1, 0.15) is 6.33 Å². The molecular formula is C27H31N5O2. The summed E-state index contributed by atoms with van der Waals surface area (Å²) in [5.74, 6) is 0.856. The molecule has 2 atom stereocenters. The summed E-state index contributed by atoms with van der Waals surface area (Å²) in [6.07, 6.45) is 4.04. The van der Waals surface area contributed by atoms with E-state index in [2.05, 4.69) is 47.4 Å². The SMILES string of the molecule is CC1(C)CN(C[C@@H](O)[C@@H]2Cc3ccccc3CN2)C(=O)c2ccc(-c3ncnn3C3CC3)cc21. The van der Waals surface area contributed by atoms with Crippen molar-refractivity contribution in [2.75, 3.05) is 13.1 Å². The lowest BCUT2D eigenvalue weighted by Gasteiger charge is -2.41. The van der Waals surface area contributed by atoms with Crippen molar-refractivity contribution >= 4 is 5.91 Å². The predicted octanol–water partition coefficient (Wildman–Crippen LogP) is 3.09. The number of β-amino-alcohol motifs (C(OH)–C–C–N with tert-alkyl or cyclic N) is 1. The smallest absolute Gasteiger partial charge is 0.254 e. The van der Waals surface area contributed by atoms with Gasteiger partial charge in [0, 0.05) is 42.2 Å². The lowest BCUT2D eigenvalue weighted by atomic mass is 9.77. The van der Waals surface area contributed by atoms with E-state index in [4.69, 9.17) is 0 Å². The van der Waals surface area contributed by atoms with Crippen molar-refractivity contribution in [2.45, 2.75) is 63.3 Å². The molecule has 7 heteroatoms. The Morgan fingerprint density at radius 1 is 1.18 bits per heavy atom.